The minimum atomic E-state index is -0.0728. The highest BCUT2D eigenvalue weighted by molar-refractivity contribution is 5.34. The van der Waals surface area contributed by atoms with E-state index in [4.69, 9.17) is 0 Å². The van der Waals surface area contributed by atoms with E-state index in [2.05, 4.69) is 48.1 Å². The van der Waals surface area contributed by atoms with Crippen LogP contribution in [0.2, 0.25) is 0 Å². The number of rotatable bonds is 5. The molecule has 1 N–H and O–H groups in total. The highest BCUT2D eigenvalue weighted by atomic mass is 16.3. The lowest BCUT2D eigenvalue weighted by atomic mass is 9.49. The molecule has 0 aromatic heterocycles. The normalized spacial score (nSPS) is 44.5. The lowest BCUT2D eigenvalue weighted by Crippen LogP contribution is -2.49. The molecule has 4 rings (SSSR count). The van der Waals surface area contributed by atoms with E-state index in [0.717, 1.165) is 24.2 Å². The molecule has 4 aliphatic carbocycles. The molecule has 0 bridgehead atoms. The molecule has 0 radical (unpaired) electrons. The van der Waals surface area contributed by atoms with Crippen molar-refractivity contribution in [3.8, 4) is 0 Å². The van der Waals surface area contributed by atoms with Crippen molar-refractivity contribution in [1.82, 2.24) is 0 Å². The van der Waals surface area contributed by atoms with Crippen molar-refractivity contribution in [3.63, 3.8) is 0 Å². The summed E-state index contributed by atoms with van der Waals surface area (Å²) in [6.07, 6.45) is 12.9. The van der Waals surface area contributed by atoms with Crippen LogP contribution >= 0.6 is 0 Å². The van der Waals surface area contributed by atoms with Crippen molar-refractivity contribution in [1.29, 1.82) is 0 Å². The maximum Gasteiger partial charge on any atom is 0.0569 e. The van der Waals surface area contributed by atoms with E-state index in [1.54, 1.807) is 0 Å². The molecule has 0 aromatic carbocycles. The number of hydrogen-bond acceptors (Lipinski definition) is 1. The summed E-state index contributed by atoms with van der Waals surface area (Å²) in [5.41, 5.74) is 6.08. The molecule has 2 fully saturated rings. The molecular weight excluding hydrogens is 364 g/mol. The van der Waals surface area contributed by atoms with Gasteiger partial charge >= 0.3 is 0 Å². The quantitative estimate of drug-likeness (QED) is 0.454. The van der Waals surface area contributed by atoms with Crippen LogP contribution in [0.1, 0.15) is 106 Å². The van der Waals surface area contributed by atoms with Gasteiger partial charge in [-0.05, 0) is 111 Å². The summed E-state index contributed by atoms with van der Waals surface area (Å²) in [5, 5.41) is 10.5. The largest absolute Gasteiger partial charge is 0.393 e. The second-order valence-electron chi connectivity index (χ2n) is 12.6. The van der Waals surface area contributed by atoms with Crippen LogP contribution in [0.5, 0.6) is 0 Å². The molecule has 0 aromatic rings. The molecule has 1 nitrogen and oxygen atoms in total. The molecule has 0 spiro atoms. The highest BCUT2D eigenvalue weighted by Crippen LogP contribution is 2.66. The molecule has 0 heterocycles. The standard InChI is InChI=1S/C29H48O/c1-18(2)19(3)8-9-20(4)23-12-13-25-22-10-11-24-21(5)27(30)15-17-29(24,7)26(22)14-16-28(23,25)6/h18,20-21,23-25,27,30H,3,8-17H2,1-2,4-7H3/t20-,21+,23-,24-,25+,27+,28-,29+/m1/s1. The van der Waals surface area contributed by atoms with Crippen LogP contribution in [0.4, 0.5) is 0 Å². The van der Waals surface area contributed by atoms with Crippen LogP contribution in [-0.4, -0.2) is 11.2 Å². The molecule has 170 valence electrons. The first-order chi connectivity index (χ1) is 14.1. The molecule has 8 atom stereocenters. The molecule has 0 saturated heterocycles. The van der Waals surface area contributed by atoms with Gasteiger partial charge in [0, 0.05) is 0 Å². The summed E-state index contributed by atoms with van der Waals surface area (Å²) in [6, 6.07) is 0. The minimum absolute atomic E-state index is 0.0728. The Balaban J connectivity index is 1.54. The van der Waals surface area contributed by atoms with Crippen molar-refractivity contribution in [2.75, 3.05) is 0 Å². The Hall–Kier alpha value is -0.560. The SMILES string of the molecule is C=C(CC[C@@H](C)[C@H]1CC[C@H]2C3=C(CC[C@]12C)[C@@]1(C)CC[C@H](O)[C@@H](C)[C@H]1CC3)C(C)C. The molecular formula is C29H48O. The van der Waals surface area contributed by atoms with Gasteiger partial charge in [-0.2, -0.15) is 0 Å². The Morgan fingerprint density at radius 3 is 2.50 bits per heavy atom. The van der Waals surface area contributed by atoms with Gasteiger partial charge in [-0.25, -0.2) is 0 Å². The van der Waals surface area contributed by atoms with Crippen molar-refractivity contribution < 1.29 is 5.11 Å². The zero-order valence-electron chi connectivity index (χ0n) is 20.8. The first-order valence-electron chi connectivity index (χ1n) is 13.2. The van der Waals surface area contributed by atoms with Crippen molar-refractivity contribution >= 4 is 0 Å². The molecule has 1 heteroatoms. The van der Waals surface area contributed by atoms with Gasteiger partial charge in [-0.1, -0.05) is 64.8 Å². The average Bonchev–Trinajstić information content (AvgIpc) is 3.06. The van der Waals surface area contributed by atoms with Gasteiger partial charge in [-0.3, -0.25) is 0 Å². The van der Waals surface area contributed by atoms with Crippen LogP contribution in [0.3, 0.4) is 0 Å². The van der Waals surface area contributed by atoms with Crippen LogP contribution in [0, 0.1) is 46.3 Å². The Labute approximate surface area is 186 Å². The fourth-order valence-corrected chi connectivity index (χ4v) is 8.79. The maximum atomic E-state index is 10.5. The number of allylic oxidation sites excluding steroid dienone is 3. The summed E-state index contributed by atoms with van der Waals surface area (Å²) < 4.78 is 0. The van der Waals surface area contributed by atoms with Crippen molar-refractivity contribution in [3.05, 3.63) is 23.3 Å². The van der Waals surface area contributed by atoms with Gasteiger partial charge in [0.15, 0.2) is 0 Å². The van der Waals surface area contributed by atoms with Crippen molar-refractivity contribution in [2.24, 2.45) is 46.3 Å². The second-order valence-corrected chi connectivity index (χ2v) is 12.6. The lowest BCUT2D eigenvalue weighted by molar-refractivity contribution is -0.0336. The first-order valence-corrected chi connectivity index (χ1v) is 13.2. The van der Waals surface area contributed by atoms with Gasteiger partial charge in [0.05, 0.1) is 6.10 Å². The van der Waals surface area contributed by atoms with Crippen molar-refractivity contribution in [2.45, 2.75) is 112 Å². The number of hydrogen-bond donors (Lipinski definition) is 1. The fraction of sp³-hybridized carbons (Fsp3) is 0.862. The zero-order valence-corrected chi connectivity index (χ0v) is 20.8. The van der Waals surface area contributed by atoms with E-state index in [-0.39, 0.29) is 6.10 Å². The van der Waals surface area contributed by atoms with Crippen LogP contribution < -0.4 is 0 Å². The van der Waals surface area contributed by atoms with Gasteiger partial charge in [0.1, 0.15) is 0 Å². The van der Waals surface area contributed by atoms with E-state index in [9.17, 15) is 5.11 Å². The molecule has 0 aliphatic heterocycles. The van der Waals surface area contributed by atoms with Crippen LogP contribution in [0.15, 0.2) is 23.3 Å². The third-order valence-corrected chi connectivity index (χ3v) is 11.0. The first kappa shape index (κ1) is 22.6. The average molecular weight is 413 g/mol. The summed E-state index contributed by atoms with van der Waals surface area (Å²) in [6.45, 7) is 19.0. The Morgan fingerprint density at radius 1 is 1.07 bits per heavy atom. The topological polar surface area (TPSA) is 20.2 Å². The molecule has 0 unspecified atom stereocenters. The van der Waals surface area contributed by atoms with E-state index in [1.165, 1.54) is 63.4 Å². The Kier molecular flexibility index (Phi) is 6.10. The van der Waals surface area contributed by atoms with E-state index in [0.29, 0.717) is 28.6 Å². The minimum Gasteiger partial charge on any atom is -0.393 e. The third kappa shape index (κ3) is 3.46. The fourth-order valence-electron chi connectivity index (χ4n) is 8.79. The van der Waals surface area contributed by atoms with E-state index >= 15 is 0 Å². The summed E-state index contributed by atoms with van der Waals surface area (Å²) in [4.78, 5) is 0. The monoisotopic (exact) mass is 412 g/mol. The zero-order chi connectivity index (χ0) is 21.8. The van der Waals surface area contributed by atoms with Gasteiger partial charge in [0.25, 0.3) is 0 Å². The Morgan fingerprint density at radius 2 is 1.80 bits per heavy atom. The maximum absolute atomic E-state index is 10.5. The number of aliphatic hydroxyl groups excluding tert-OH is 1. The smallest absolute Gasteiger partial charge is 0.0569 e. The number of aliphatic hydroxyl groups is 1. The second kappa shape index (κ2) is 8.09. The van der Waals surface area contributed by atoms with Gasteiger partial charge in [-0.15, -0.1) is 0 Å². The molecule has 2 saturated carbocycles. The van der Waals surface area contributed by atoms with E-state index < -0.39 is 0 Å². The molecule has 0 amide bonds. The highest BCUT2D eigenvalue weighted by Gasteiger charge is 2.56. The van der Waals surface area contributed by atoms with Gasteiger partial charge in [0.2, 0.25) is 0 Å². The van der Waals surface area contributed by atoms with E-state index in [1.807, 2.05) is 11.1 Å². The van der Waals surface area contributed by atoms with Gasteiger partial charge < -0.3 is 5.11 Å². The Bertz CT molecular complexity index is 701. The molecule has 30 heavy (non-hydrogen) atoms. The summed E-state index contributed by atoms with van der Waals surface area (Å²) in [5.74, 6) is 4.32. The lowest BCUT2D eigenvalue weighted by Gasteiger charge is -2.56. The predicted octanol–water partition coefficient (Wildman–Crippen LogP) is 7.94. The molecule has 4 aliphatic rings. The van der Waals surface area contributed by atoms with Crippen LogP contribution in [-0.2, 0) is 0 Å². The summed E-state index contributed by atoms with van der Waals surface area (Å²) >= 11 is 0. The third-order valence-electron chi connectivity index (χ3n) is 11.0. The number of fused-ring (bicyclic) bond motifs is 4. The predicted molar refractivity (Wildman–Crippen MR) is 128 cm³/mol. The summed E-state index contributed by atoms with van der Waals surface area (Å²) in [7, 11) is 0. The van der Waals surface area contributed by atoms with Crippen LogP contribution in [0.25, 0.3) is 0 Å².